The molecule has 0 aromatic carbocycles. The molecule has 1 amide bonds. The Kier molecular flexibility index (Phi) is 3.67. The van der Waals surface area contributed by atoms with E-state index in [1.165, 1.54) is 12.8 Å². The highest BCUT2D eigenvalue weighted by Crippen LogP contribution is 2.38. The van der Waals surface area contributed by atoms with E-state index in [4.69, 9.17) is 4.74 Å². The number of carbonyl (C=O) groups is 1. The van der Waals surface area contributed by atoms with Gasteiger partial charge in [0.25, 0.3) is 0 Å². The van der Waals surface area contributed by atoms with Gasteiger partial charge in [0.1, 0.15) is 6.61 Å². The number of amides is 1. The van der Waals surface area contributed by atoms with Crippen molar-refractivity contribution in [3.05, 3.63) is 0 Å². The number of hydrogen-bond donors (Lipinski definition) is 0. The predicted molar refractivity (Wildman–Crippen MR) is 62.1 cm³/mol. The Hall–Kier alpha value is -0.0900. The van der Waals surface area contributed by atoms with E-state index < -0.39 is 0 Å². The summed E-state index contributed by atoms with van der Waals surface area (Å²) in [6.45, 7) is 2.80. The number of alkyl halides is 1. The Morgan fingerprint density at radius 1 is 1.40 bits per heavy atom. The van der Waals surface area contributed by atoms with Crippen molar-refractivity contribution < 1.29 is 9.53 Å². The highest BCUT2D eigenvalue weighted by molar-refractivity contribution is 9.09. The first-order valence-electron chi connectivity index (χ1n) is 5.75. The minimum Gasteiger partial charge on any atom is -0.372 e. The summed E-state index contributed by atoms with van der Waals surface area (Å²) < 4.78 is 5.20. The van der Waals surface area contributed by atoms with E-state index >= 15 is 0 Å². The number of nitrogens with zero attached hydrogens (tertiary/aromatic N) is 1. The van der Waals surface area contributed by atoms with Crippen LogP contribution in [0.1, 0.15) is 32.6 Å². The first kappa shape index (κ1) is 11.4. The molecular formula is C11H18BrNO2. The number of fused-ring (bicyclic) bond motifs is 2. The Balaban J connectivity index is 1.95. The Labute approximate surface area is 99.3 Å². The van der Waals surface area contributed by atoms with Crippen molar-refractivity contribution in [3.8, 4) is 0 Å². The van der Waals surface area contributed by atoms with Crippen LogP contribution in [0.15, 0.2) is 0 Å². The quantitative estimate of drug-likeness (QED) is 0.737. The molecule has 15 heavy (non-hydrogen) atoms. The average Bonchev–Trinajstić information content (AvgIpc) is 2.48. The summed E-state index contributed by atoms with van der Waals surface area (Å²) in [6.07, 6.45) is 4.55. The predicted octanol–water partition coefficient (Wildman–Crippen LogP) is 1.94. The molecule has 2 rings (SSSR count). The van der Waals surface area contributed by atoms with Gasteiger partial charge in [-0.3, -0.25) is 4.79 Å². The van der Waals surface area contributed by atoms with Crippen molar-refractivity contribution in [2.24, 2.45) is 0 Å². The van der Waals surface area contributed by atoms with Crippen molar-refractivity contribution in [2.75, 3.05) is 13.2 Å². The second kappa shape index (κ2) is 4.83. The number of piperidine rings is 1. The lowest BCUT2D eigenvalue weighted by Gasteiger charge is -2.37. The first-order chi connectivity index (χ1) is 7.22. The summed E-state index contributed by atoms with van der Waals surface area (Å²) in [5.41, 5.74) is 0. The van der Waals surface area contributed by atoms with Crippen LogP contribution in [0.5, 0.6) is 0 Å². The molecule has 2 atom stereocenters. The van der Waals surface area contributed by atoms with Crippen LogP contribution in [0.2, 0.25) is 0 Å². The summed E-state index contributed by atoms with van der Waals surface area (Å²) >= 11 is 3.67. The molecule has 2 heterocycles. The zero-order chi connectivity index (χ0) is 10.8. The summed E-state index contributed by atoms with van der Waals surface area (Å²) in [5.74, 6) is 0.184. The van der Waals surface area contributed by atoms with E-state index in [1.54, 1.807) is 0 Å². The number of halogens is 1. The van der Waals surface area contributed by atoms with Crippen LogP contribution < -0.4 is 0 Å². The minimum absolute atomic E-state index is 0.184. The SMILES string of the molecule is CCOCC(=O)N1C2CCC1CC(Br)C2. The molecule has 2 aliphatic rings. The average molecular weight is 276 g/mol. The standard InChI is InChI=1S/C11H18BrNO2/c1-2-15-7-11(14)13-9-3-4-10(13)6-8(12)5-9/h8-10H,2-7H2,1H3. The summed E-state index contributed by atoms with van der Waals surface area (Å²) in [6, 6.07) is 0.919. The number of ether oxygens (including phenoxy) is 1. The summed E-state index contributed by atoms with van der Waals surface area (Å²) in [5, 5.41) is 0. The third kappa shape index (κ3) is 2.36. The van der Waals surface area contributed by atoms with Gasteiger partial charge in [-0.2, -0.15) is 0 Å². The second-order valence-corrected chi connectivity index (χ2v) is 5.69. The van der Waals surface area contributed by atoms with Gasteiger partial charge in [0.05, 0.1) is 0 Å². The van der Waals surface area contributed by atoms with Crippen molar-refractivity contribution in [1.29, 1.82) is 0 Å². The van der Waals surface area contributed by atoms with Crippen LogP contribution in [-0.2, 0) is 9.53 Å². The molecule has 2 bridgehead atoms. The molecule has 0 aromatic heterocycles. The zero-order valence-electron chi connectivity index (χ0n) is 9.12. The summed E-state index contributed by atoms with van der Waals surface area (Å²) in [4.78, 5) is 14.6. The number of carbonyl (C=O) groups excluding carboxylic acids is 1. The van der Waals surface area contributed by atoms with Crippen LogP contribution in [0.25, 0.3) is 0 Å². The highest BCUT2D eigenvalue weighted by Gasteiger charge is 2.42. The molecule has 86 valence electrons. The van der Waals surface area contributed by atoms with Crippen molar-refractivity contribution in [2.45, 2.75) is 49.5 Å². The van der Waals surface area contributed by atoms with Gasteiger partial charge >= 0.3 is 0 Å². The van der Waals surface area contributed by atoms with Crippen LogP contribution in [0.3, 0.4) is 0 Å². The zero-order valence-corrected chi connectivity index (χ0v) is 10.7. The maximum Gasteiger partial charge on any atom is 0.249 e. The first-order valence-corrected chi connectivity index (χ1v) is 6.67. The third-order valence-electron chi connectivity index (χ3n) is 3.39. The Morgan fingerprint density at radius 3 is 2.53 bits per heavy atom. The fourth-order valence-electron chi connectivity index (χ4n) is 2.78. The molecule has 2 aliphatic heterocycles. The van der Waals surface area contributed by atoms with Crippen molar-refractivity contribution in [1.82, 2.24) is 4.90 Å². The van der Waals surface area contributed by atoms with Gasteiger partial charge in [-0.1, -0.05) is 15.9 Å². The smallest absolute Gasteiger partial charge is 0.249 e. The molecule has 2 unspecified atom stereocenters. The van der Waals surface area contributed by atoms with E-state index in [0.29, 0.717) is 23.5 Å². The largest absolute Gasteiger partial charge is 0.372 e. The van der Waals surface area contributed by atoms with E-state index in [0.717, 1.165) is 12.8 Å². The van der Waals surface area contributed by atoms with E-state index in [9.17, 15) is 4.79 Å². The van der Waals surface area contributed by atoms with E-state index in [-0.39, 0.29) is 12.5 Å². The normalized spacial score (nSPS) is 34.5. The number of hydrogen-bond acceptors (Lipinski definition) is 2. The van der Waals surface area contributed by atoms with Crippen LogP contribution >= 0.6 is 15.9 Å². The lowest BCUT2D eigenvalue weighted by molar-refractivity contribution is -0.140. The summed E-state index contributed by atoms with van der Waals surface area (Å²) in [7, 11) is 0. The van der Waals surface area contributed by atoms with Crippen LogP contribution in [-0.4, -0.2) is 40.9 Å². The molecule has 0 saturated carbocycles. The van der Waals surface area contributed by atoms with E-state index in [1.807, 2.05) is 6.92 Å². The molecule has 3 nitrogen and oxygen atoms in total. The van der Waals surface area contributed by atoms with Gasteiger partial charge in [0.2, 0.25) is 5.91 Å². The Bertz CT molecular complexity index is 233. The molecule has 0 N–H and O–H groups in total. The van der Waals surface area contributed by atoms with Gasteiger partial charge in [-0.05, 0) is 32.6 Å². The molecular weight excluding hydrogens is 258 g/mol. The monoisotopic (exact) mass is 275 g/mol. The molecule has 4 heteroatoms. The Morgan fingerprint density at radius 2 is 2.00 bits per heavy atom. The van der Waals surface area contributed by atoms with Crippen LogP contribution in [0, 0.1) is 0 Å². The third-order valence-corrected chi connectivity index (χ3v) is 4.14. The van der Waals surface area contributed by atoms with Gasteiger partial charge in [0.15, 0.2) is 0 Å². The molecule has 0 radical (unpaired) electrons. The molecule has 0 aliphatic carbocycles. The maximum absolute atomic E-state index is 11.9. The fraction of sp³-hybridized carbons (Fsp3) is 0.909. The molecule has 0 spiro atoms. The minimum atomic E-state index is 0.184. The van der Waals surface area contributed by atoms with Gasteiger partial charge in [-0.15, -0.1) is 0 Å². The van der Waals surface area contributed by atoms with E-state index in [2.05, 4.69) is 20.8 Å². The lowest BCUT2D eigenvalue weighted by Crippen LogP contribution is -2.48. The number of rotatable bonds is 3. The maximum atomic E-state index is 11.9. The van der Waals surface area contributed by atoms with Gasteiger partial charge < -0.3 is 9.64 Å². The molecule has 2 fully saturated rings. The van der Waals surface area contributed by atoms with Crippen molar-refractivity contribution in [3.63, 3.8) is 0 Å². The van der Waals surface area contributed by atoms with Gasteiger partial charge in [-0.25, -0.2) is 0 Å². The fourth-order valence-corrected chi connectivity index (χ4v) is 3.64. The van der Waals surface area contributed by atoms with Gasteiger partial charge in [0, 0.05) is 23.5 Å². The van der Waals surface area contributed by atoms with Crippen molar-refractivity contribution >= 4 is 21.8 Å². The molecule has 2 saturated heterocycles. The highest BCUT2D eigenvalue weighted by atomic mass is 79.9. The lowest BCUT2D eigenvalue weighted by atomic mass is 10.0. The van der Waals surface area contributed by atoms with Crippen LogP contribution in [0.4, 0.5) is 0 Å². The molecule has 0 aromatic rings. The second-order valence-electron chi connectivity index (χ2n) is 4.39. The topological polar surface area (TPSA) is 29.5 Å².